The zero-order valence-electron chi connectivity index (χ0n) is 16.5. The molecule has 0 bridgehead atoms. The van der Waals surface area contributed by atoms with Crippen LogP contribution < -0.4 is 15.7 Å². The first-order valence-corrected chi connectivity index (χ1v) is 9.95. The van der Waals surface area contributed by atoms with Crippen LogP contribution in [0.1, 0.15) is 34.8 Å². The fourth-order valence-electron chi connectivity index (χ4n) is 2.80. The summed E-state index contributed by atoms with van der Waals surface area (Å²) in [5, 5.41) is 4.55. The van der Waals surface area contributed by atoms with E-state index < -0.39 is 11.5 Å². The van der Waals surface area contributed by atoms with E-state index in [-0.39, 0.29) is 5.56 Å². The van der Waals surface area contributed by atoms with Crippen LogP contribution in [-0.2, 0) is 6.54 Å². The minimum atomic E-state index is -0.574. The lowest BCUT2D eigenvalue weighted by atomic mass is 10.2. The van der Waals surface area contributed by atoms with Gasteiger partial charge in [-0.05, 0) is 53.9 Å². The number of hydrogen-bond acceptors (Lipinski definition) is 4. The molecule has 1 aromatic heterocycles. The molecule has 3 aromatic rings. The summed E-state index contributed by atoms with van der Waals surface area (Å²) in [6.07, 6.45) is 4.05. The van der Waals surface area contributed by atoms with Crippen LogP contribution >= 0.6 is 11.6 Å². The monoisotopic (exact) mass is 423 g/mol. The number of nitrogens with one attached hydrogen (secondary N) is 1. The van der Waals surface area contributed by atoms with Crippen LogP contribution in [0.2, 0.25) is 5.02 Å². The molecule has 0 unspecified atom stereocenters. The minimum Gasteiger partial charge on any atom is -0.494 e. The van der Waals surface area contributed by atoms with Crippen molar-refractivity contribution in [3.05, 3.63) is 98.9 Å². The maximum Gasteiger partial charge on any atom is 0.276 e. The van der Waals surface area contributed by atoms with E-state index in [0.29, 0.717) is 18.2 Å². The fraction of sp³-hybridized carbons (Fsp3) is 0.174. The molecule has 0 fully saturated rings. The second kappa shape index (κ2) is 10.4. The molecule has 0 aliphatic rings. The van der Waals surface area contributed by atoms with Crippen molar-refractivity contribution in [1.82, 2.24) is 9.99 Å². The molecule has 1 heterocycles. The van der Waals surface area contributed by atoms with Gasteiger partial charge in [0.2, 0.25) is 0 Å². The van der Waals surface area contributed by atoms with E-state index in [1.807, 2.05) is 43.3 Å². The lowest BCUT2D eigenvalue weighted by molar-refractivity contribution is 0.0953. The normalized spacial score (nSPS) is 10.9. The van der Waals surface area contributed by atoms with Crippen LogP contribution in [0.5, 0.6) is 5.75 Å². The molecule has 154 valence electrons. The highest BCUT2D eigenvalue weighted by atomic mass is 35.5. The molecule has 6 nitrogen and oxygen atoms in total. The topological polar surface area (TPSA) is 72.7 Å². The van der Waals surface area contributed by atoms with Gasteiger partial charge in [-0.1, -0.05) is 42.8 Å². The average molecular weight is 424 g/mol. The van der Waals surface area contributed by atoms with E-state index >= 15 is 0 Å². The predicted octanol–water partition coefficient (Wildman–Crippen LogP) is 4.10. The van der Waals surface area contributed by atoms with Crippen molar-refractivity contribution in [3.63, 3.8) is 0 Å². The Balaban J connectivity index is 1.68. The summed E-state index contributed by atoms with van der Waals surface area (Å²) in [5.74, 6) is 0.161. The third kappa shape index (κ3) is 5.81. The Labute approximate surface area is 179 Å². The van der Waals surface area contributed by atoms with Gasteiger partial charge in [-0.3, -0.25) is 9.59 Å². The zero-order chi connectivity index (χ0) is 21.3. The van der Waals surface area contributed by atoms with Gasteiger partial charge < -0.3 is 9.30 Å². The van der Waals surface area contributed by atoms with E-state index in [4.69, 9.17) is 16.3 Å². The molecule has 0 aliphatic carbocycles. The standard InChI is InChI=1S/C23H22ClN3O3/c1-2-12-30-20-9-4-6-17(14-20)15-25-26-22(28)21-10-5-11-27(23(21)29)16-18-7-3-8-19(24)13-18/h3-11,13-15H,2,12,16H2,1H3,(H,26,28)/b25-15-. The maximum absolute atomic E-state index is 12.7. The smallest absolute Gasteiger partial charge is 0.276 e. The Hall–Kier alpha value is -3.38. The number of ether oxygens (including phenoxy) is 1. The van der Waals surface area contributed by atoms with Crippen molar-refractivity contribution < 1.29 is 9.53 Å². The molecular weight excluding hydrogens is 402 g/mol. The first kappa shape index (κ1) is 21.3. The van der Waals surface area contributed by atoms with E-state index in [9.17, 15) is 9.59 Å². The molecule has 7 heteroatoms. The highest BCUT2D eigenvalue weighted by Gasteiger charge is 2.11. The minimum absolute atomic E-state index is 0.0108. The second-order valence-electron chi connectivity index (χ2n) is 6.60. The molecule has 3 rings (SSSR count). The van der Waals surface area contributed by atoms with Crippen LogP contribution in [0, 0.1) is 0 Å². The SMILES string of the molecule is CCCOc1cccc(/C=N\NC(=O)c2cccn(Cc3cccc(Cl)c3)c2=O)c1. The lowest BCUT2D eigenvalue weighted by Gasteiger charge is -2.08. The van der Waals surface area contributed by atoms with Gasteiger partial charge in [-0.2, -0.15) is 5.10 Å². The number of rotatable bonds is 8. The number of amides is 1. The molecule has 0 atom stereocenters. The number of hydrogen-bond donors (Lipinski definition) is 1. The van der Waals surface area contributed by atoms with E-state index in [1.54, 1.807) is 24.4 Å². The Morgan fingerprint density at radius 3 is 2.80 bits per heavy atom. The number of pyridine rings is 1. The number of nitrogens with zero attached hydrogens (tertiary/aromatic N) is 2. The molecule has 0 saturated carbocycles. The lowest BCUT2D eigenvalue weighted by Crippen LogP contribution is -2.30. The molecule has 0 aliphatic heterocycles. The summed E-state index contributed by atoms with van der Waals surface area (Å²) in [4.78, 5) is 25.1. The predicted molar refractivity (Wildman–Crippen MR) is 119 cm³/mol. The first-order chi connectivity index (χ1) is 14.6. The van der Waals surface area contributed by atoms with Gasteiger partial charge in [0, 0.05) is 11.2 Å². The van der Waals surface area contributed by atoms with Crippen LogP contribution in [-0.4, -0.2) is 23.3 Å². The van der Waals surface area contributed by atoms with Crippen LogP contribution in [0.15, 0.2) is 76.8 Å². The quantitative estimate of drug-likeness (QED) is 0.438. The van der Waals surface area contributed by atoms with Gasteiger partial charge in [0.05, 0.1) is 19.4 Å². The summed E-state index contributed by atoms with van der Waals surface area (Å²) < 4.78 is 7.03. The van der Waals surface area contributed by atoms with Crippen LogP contribution in [0.4, 0.5) is 0 Å². The van der Waals surface area contributed by atoms with Gasteiger partial charge in [0.25, 0.3) is 11.5 Å². The molecule has 1 N–H and O–H groups in total. The van der Waals surface area contributed by atoms with E-state index in [2.05, 4.69) is 10.5 Å². The van der Waals surface area contributed by atoms with Crippen molar-refractivity contribution >= 4 is 23.7 Å². The van der Waals surface area contributed by atoms with Crippen molar-refractivity contribution in [1.29, 1.82) is 0 Å². The molecule has 2 aromatic carbocycles. The van der Waals surface area contributed by atoms with Gasteiger partial charge >= 0.3 is 0 Å². The number of aromatic nitrogens is 1. The Kier molecular flexibility index (Phi) is 7.40. The fourth-order valence-corrected chi connectivity index (χ4v) is 3.01. The zero-order valence-corrected chi connectivity index (χ0v) is 17.3. The molecule has 0 saturated heterocycles. The molecule has 30 heavy (non-hydrogen) atoms. The van der Waals surface area contributed by atoms with Crippen LogP contribution in [0.3, 0.4) is 0 Å². The third-order valence-corrected chi connectivity index (χ3v) is 4.45. The summed E-state index contributed by atoms with van der Waals surface area (Å²) in [6.45, 7) is 2.98. The Bertz CT molecular complexity index is 1110. The summed E-state index contributed by atoms with van der Waals surface area (Å²) >= 11 is 6.00. The highest BCUT2D eigenvalue weighted by Crippen LogP contribution is 2.13. The largest absolute Gasteiger partial charge is 0.494 e. The summed E-state index contributed by atoms with van der Waals surface area (Å²) in [5.41, 5.74) is 3.65. The first-order valence-electron chi connectivity index (χ1n) is 9.57. The van der Waals surface area contributed by atoms with E-state index in [0.717, 1.165) is 23.3 Å². The Morgan fingerprint density at radius 1 is 1.17 bits per heavy atom. The molecule has 1 amide bonds. The number of halogens is 1. The number of carbonyl (C=O) groups is 1. The van der Waals surface area contributed by atoms with Crippen molar-refractivity contribution in [2.45, 2.75) is 19.9 Å². The maximum atomic E-state index is 12.7. The molecular formula is C23H22ClN3O3. The second-order valence-corrected chi connectivity index (χ2v) is 7.04. The van der Waals surface area contributed by atoms with Gasteiger partial charge in [-0.15, -0.1) is 0 Å². The number of carbonyl (C=O) groups excluding carboxylic acids is 1. The van der Waals surface area contributed by atoms with Crippen molar-refractivity contribution in [2.75, 3.05) is 6.61 Å². The van der Waals surface area contributed by atoms with E-state index in [1.165, 1.54) is 16.8 Å². The number of benzene rings is 2. The van der Waals surface area contributed by atoms with Crippen molar-refractivity contribution in [2.24, 2.45) is 5.10 Å². The average Bonchev–Trinajstić information content (AvgIpc) is 2.74. The summed E-state index contributed by atoms with van der Waals surface area (Å²) in [6, 6.07) is 17.7. The highest BCUT2D eigenvalue weighted by molar-refractivity contribution is 6.30. The molecule has 0 radical (unpaired) electrons. The summed E-state index contributed by atoms with van der Waals surface area (Å²) in [7, 11) is 0. The van der Waals surface area contributed by atoms with Gasteiger partial charge in [0.15, 0.2) is 0 Å². The van der Waals surface area contributed by atoms with Gasteiger partial charge in [-0.25, -0.2) is 5.43 Å². The third-order valence-electron chi connectivity index (χ3n) is 4.22. The van der Waals surface area contributed by atoms with Crippen molar-refractivity contribution in [3.8, 4) is 5.75 Å². The molecule has 0 spiro atoms. The van der Waals surface area contributed by atoms with Gasteiger partial charge in [0.1, 0.15) is 11.3 Å². The van der Waals surface area contributed by atoms with Crippen LogP contribution in [0.25, 0.3) is 0 Å². The number of hydrazone groups is 1. The Morgan fingerprint density at radius 2 is 2.00 bits per heavy atom.